The highest BCUT2D eigenvalue weighted by atomic mass is 32.2. The van der Waals surface area contributed by atoms with Crippen LogP contribution in [-0.2, 0) is 21.5 Å². The van der Waals surface area contributed by atoms with Gasteiger partial charge in [0.15, 0.2) is 0 Å². The summed E-state index contributed by atoms with van der Waals surface area (Å²) in [5.74, 6) is -0.569. The molecule has 1 aliphatic rings. The Morgan fingerprint density at radius 3 is 2.45 bits per heavy atom. The summed E-state index contributed by atoms with van der Waals surface area (Å²) in [6, 6.07) is 4.62. The average molecular weight is 354 g/mol. The molecule has 5 nitrogen and oxygen atoms in total. The zero-order chi connectivity index (χ0) is 16.7. The standard InChI is InChI=1S/C12H13F3N2O3S2/c1-8-11(18)16(2)22(19,20)17(8)7-9-4-3-5-10(6-9)21-12(13,14)15/h3-6,8H,7H2,1-2H3. The van der Waals surface area contributed by atoms with Crippen molar-refractivity contribution in [3.05, 3.63) is 29.8 Å². The summed E-state index contributed by atoms with van der Waals surface area (Å²) >= 11 is -0.271. The van der Waals surface area contributed by atoms with E-state index in [9.17, 15) is 26.4 Å². The van der Waals surface area contributed by atoms with Gasteiger partial charge in [-0.3, -0.25) is 4.79 Å². The van der Waals surface area contributed by atoms with E-state index in [4.69, 9.17) is 0 Å². The molecular weight excluding hydrogens is 341 g/mol. The Morgan fingerprint density at radius 2 is 1.95 bits per heavy atom. The van der Waals surface area contributed by atoms with Crippen molar-refractivity contribution in [2.75, 3.05) is 7.05 Å². The second kappa shape index (κ2) is 5.74. The maximum atomic E-state index is 12.4. The van der Waals surface area contributed by atoms with Gasteiger partial charge in [0.1, 0.15) is 6.04 Å². The number of halogens is 3. The predicted octanol–water partition coefficient (Wildman–Crippen LogP) is 2.21. The Bertz CT molecular complexity index is 691. The molecule has 122 valence electrons. The summed E-state index contributed by atoms with van der Waals surface area (Å²) < 4.78 is 62.9. The molecule has 1 atom stereocenters. The van der Waals surface area contributed by atoms with Gasteiger partial charge >= 0.3 is 15.7 Å². The van der Waals surface area contributed by atoms with Crippen molar-refractivity contribution < 1.29 is 26.4 Å². The third-order valence-electron chi connectivity index (χ3n) is 3.21. The molecule has 0 bridgehead atoms. The highest BCUT2D eigenvalue weighted by molar-refractivity contribution is 8.00. The fraction of sp³-hybridized carbons (Fsp3) is 0.417. The monoisotopic (exact) mass is 354 g/mol. The Morgan fingerprint density at radius 1 is 1.32 bits per heavy atom. The van der Waals surface area contributed by atoms with Crippen molar-refractivity contribution in [3.63, 3.8) is 0 Å². The van der Waals surface area contributed by atoms with Gasteiger partial charge in [0.2, 0.25) is 0 Å². The highest BCUT2D eigenvalue weighted by Gasteiger charge is 2.45. The molecule has 1 aliphatic heterocycles. The van der Waals surface area contributed by atoms with Gasteiger partial charge in [-0.15, -0.1) is 0 Å². The van der Waals surface area contributed by atoms with E-state index in [0.717, 1.165) is 11.4 Å². The topological polar surface area (TPSA) is 57.7 Å². The lowest BCUT2D eigenvalue weighted by Gasteiger charge is -2.18. The number of benzene rings is 1. The van der Waals surface area contributed by atoms with E-state index >= 15 is 0 Å². The molecule has 10 heteroatoms. The number of hydrogen-bond donors (Lipinski definition) is 0. The van der Waals surface area contributed by atoms with Gasteiger partial charge in [-0.05, 0) is 36.4 Å². The van der Waals surface area contributed by atoms with E-state index in [1.54, 1.807) is 0 Å². The minimum Gasteiger partial charge on any atom is -0.272 e. The normalized spacial score (nSPS) is 22.3. The van der Waals surface area contributed by atoms with Crippen LogP contribution in [0, 0.1) is 0 Å². The summed E-state index contributed by atoms with van der Waals surface area (Å²) in [6.45, 7) is 1.28. The van der Waals surface area contributed by atoms with Gasteiger partial charge in [-0.1, -0.05) is 12.1 Å². The van der Waals surface area contributed by atoms with Gasteiger partial charge in [0.05, 0.1) is 0 Å². The first-order valence-electron chi connectivity index (χ1n) is 6.16. The van der Waals surface area contributed by atoms with Crippen LogP contribution >= 0.6 is 11.8 Å². The van der Waals surface area contributed by atoms with Crippen molar-refractivity contribution in [2.24, 2.45) is 0 Å². The zero-order valence-corrected chi connectivity index (χ0v) is 13.3. The highest BCUT2D eigenvalue weighted by Crippen LogP contribution is 2.37. The van der Waals surface area contributed by atoms with E-state index in [0.29, 0.717) is 9.87 Å². The first-order valence-corrected chi connectivity index (χ1v) is 8.38. The number of likely N-dealkylation sites (N-methyl/N-ethyl adjacent to an activating group) is 1. The number of carbonyl (C=O) groups is 1. The number of amides is 1. The summed E-state index contributed by atoms with van der Waals surface area (Å²) in [6.07, 6.45) is 0. The van der Waals surface area contributed by atoms with Crippen molar-refractivity contribution in [1.29, 1.82) is 0 Å². The maximum absolute atomic E-state index is 12.4. The van der Waals surface area contributed by atoms with E-state index in [1.807, 2.05) is 0 Å². The Labute approximate surface area is 130 Å². The second-order valence-electron chi connectivity index (χ2n) is 4.73. The number of rotatable bonds is 3. The van der Waals surface area contributed by atoms with Crippen LogP contribution in [0.3, 0.4) is 0 Å². The molecule has 0 spiro atoms. The van der Waals surface area contributed by atoms with Gasteiger partial charge in [0, 0.05) is 18.5 Å². The SMILES string of the molecule is CC1C(=O)N(C)S(=O)(=O)N1Cc1cccc(SC(F)(F)F)c1. The van der Waals surface area contributed by atoms with E-state index in [1.165, 1.54) is 31.2 Å². The lowest BCUT2D eigenvalue weighted by Crippen LogP contribution is -2.33. The lowest BCUT2D eigenvalue weighted by molar-refractivity contribution is -0.126. The molecule has 0 saturated carbocycles. The number of nitrogens with zero attached hydrogens (tertiary/aromatic N) is 2. The van der Waals surface area contributed by atoms with Crippen LogP contribution in [0.1, 0.15) is 12.5 Å². The molecule has 0 aliphatic carbocycles. The molecular formula is C12H13F3N2O3S2. The molecule has 1 aromatic carbocycles. The smallest absolute Gasteiger partial charge is 0.272 e. The van der Waals surface area contributed by atoms with Gasteiger partial charge < -0.3 is 0 Å². The van der Waals surface area contributed by atoms with Crippen LogP contribution in [0.15, 0.2) is 29.2 Å². The number of thioether (sulfide) groups is 1. The van der Waals surface area contributed by atoms with E-state index in [-0.39, 0.29) is 23.2 Å². The maximum Gasteiger partial charge on any atom is 0.446 e. The Hall–Kier alpha value is -1.26. The number of alkyl halides is 3. The molecule has 0 aromatic heterocycles. The molecule has 1 aromatic rings. The van der Waals surface area contributed by atoms with Gasteiger partial charge in [-0.2, -0.15) is 25.9 Å². The average Bonchev–Trinajstić information content (AvgIpc) is 2.52. The predicted molar refractivity (Wildman–Crippen MR) is 75.0 cm³/mol. The first kappa shape index (κ1) is 17.1. The third kappa shape index (κ3) is 3.39. The van der Waals surface area contributed by atoms with E-state index < -0.39 is 27.7 Å². The van der Waals surface area contributed by atoms with Crippen LogP contribution in [0.4, 0.5) is 13.2 Å². The quantitative estimate of drug-likeness (QED) is 0.781. The fourth-order valence-electron chi connectivity index (χ4n) is 2.10. The minimum atomic E-state index is -4.41. The van der Waals surface area contributed by atoms with Crippen LogP contribution in [-0.4, -0.2) is 41.5 Å². The number of hydrogen-bond acceptors (Lipinski definition) is 4. The van der Waals surface area contributed by atoms with Crippen molar-refractivity contribution >= 4 is 27.9 Å². The zero-order valence-electron chi connectivity index (χ0n) is 11.7. The van der Waals surface area contributed by atoms with Crippen LogP contribution in [0.25, 0.3) is 0 Å². The Balaban J connectivity index is 2.24. The number of carbonyl (C=O) groups excluding carboxylic acids is 1. The van der Waals surface area contributed by atoms with Crippen molar-refractivity contribution in [1.82, 2.24) is 8.61 Å². The lowest BCUT2D eigenvalue weighted by atomic mass is 10.2. The Kier molecular flexibility index (Phi) is 4.46. The largest absolute Gasteiger partial charge is 0.446 e. The van der Waals surface area contributed by atoms with Crippen molar-refractivity contribution in [3.8, 4) is 0 Å². The molecule has 0 N–H and O–H groups in total. The molecule has 1 fully saturated rings. The fourth-order valence-corrected chi connectivity index (χ4v) is 4.22. The first-order chi connectivity index (χ1) is 10.0. The van der Waals surface area contributed by atoms with Crippen LogP contribution in [0.5, 0.6) is 0 Å². The van der Waals surface area contributed by atoms with Gasteiger partial charge in [-0.25, -0.2) is 4.31 Å². The summed E-state index contributed by atoms with van der Waals surface area (Å²) in [7, 11) is -2.77. The summed E-state index contributed by atoms with van der Waals surface area (Å²) in [5.41, 5.74) is -4.03. The molecule has 1 amide bonds. The van der Waals surface area contributed by atoms with Crippen molar-refractivity contribution in [2.45, 2.75) is 29.9 Å². The summed E-state index contributed by atoms with van der Waals surface area (Å²) in [4.78, 5) is 11.7. The molecule has 2 rings (SSSR count). The second-order valence-corrected chi connectivity index (χ2v) is 7.78. The molecule has 0 radical (unpaired) electrons. The molecule has 1 heterocycles. The molecule has 1 unspecified atom stereocenters. The molecule has 1 saturated heterocycles. The minimum absolute atomic E-state index is 0.0334. The third-order valence-corrected chi connectivity index (χ3v) is 5.84. The van der Waals surface area contributed by atoms with Crippen LogP contribution < -0.4 is 0 Å². The molecule has 22 heavy (non-hydrogen) atoms. The van der Waals surface area contributed by atoms with Gasteiger partial charge in [0.25, 0.3) is 5.91 Å². The van der Waals surface area contributed by atoms with Crippen LogP contribution in [0.2, 0.25) is 0 Å². The summed E-state index contributed by atoms with van der Waals surface area (Å²) in [5, 5.41) is 0. The van der Waals surface area contributed by atoms with E-state index in [2.05, 4.69) is 0 Å².